The molecule has 0 fully saturated rings. The first-order valence-corrected chi connectivity index (χ1v) is 12.6. The van der Waals surface area contributed by atoms with Crippen LogP contribution in [0.15, 0.2) is 57.5 Å². The molecule has 1 aliphatic rings. The Kier molecular flexibility index (Phi) is 7.31. The number of carbonyl (C=O) groups excluding carboxylic acids is 1. The molecule has 0 saturated heterocycles. The van der Waals surface area contributed by atoms with E-state index in [1.54, 1.807) is 51.3 Å². The number of hydrogen-bond acceptors (Lipinski definition) is 8. The summed E-state index contributed by atoms with van der Waals surface area (Å²) >= 11 is 3.24. The fraction of sp³-hybridized carbons (Fsp3) is 0.240. The first-order chi connectivity index (χ1) is 16.8. The van der Waals surface area contributed by atoms with Gasteiger partial charge in [-0.3, -0.25) is 9.36 Å². The minimum absolute atomic E-state index is 0.0425. The number of fused-ring (bicyclic) bond motifs is 1. The largest absolute Gasteiger partial charge is 0.504 e. The fourth-order valence-electron chi connectivity index (χ4n) is 3.88. The predicted octanol–water partition coefficient (Wildman–Crippen LogP) is 3.13. The van der Waals surface area contributed by atoms with Gasteiger partial charge in [0.1, 0.15) is 5.75 Å². The van der Waals surface area contributed by atoms with Gasteiger partial charge in [0.25, 0.3) is 5.56 Å². The molecule has 1 aliphatic heterocycles. The third-order valence-corrected chi connectivity index (χ3v) is 7.32. The zero-order chi connectivity index (χ0) is 25.3. The van der Waals surface area contributed by atoms with Gasteiger partial charge in [-0.05, 0) is 77.9 Å². The van der Waals surface area contributed by atoms with Crippen LogP contribution in [0.2, 0.25) is 0 Å². The second-order valence-corrected chi connectivity index (χ2v) is 9.80. The highest BCUT2D eigenvalue weighted by Gasteiger charge is 2.33. The number of aromatic nitrogens is 1. The molecule has 0 bridgehead atoms. The molecule has 0 spiro atoms. The zero-order valence-corrected chi connectivity index (χ0v) is 22.5. The summed E-state index contributed by atoms with van der Waals surface area (Å²) in [5, 5.41) is 10.1. The highest BCUT2D eigenvalue weighted by atomic mass is 127. The number of allylic oxidation sites excluding steroid dienone is 1. The lowest BCUT2D eigenvalue weighted by Gasteiger charge is -2.24. The Hall–Kier alpha value is -3.12. The molecule has 35 heavy (non-hydrogen) atoms. The number of methoxy groups -OCH3 is 2. The molecule has 182 valence electrons. The lowest BCUT2D eigenvalue weighted by molar-refractivity contribution is -0.139. The Bertz CT molecular complexity index is 1500. The van der Waals surface area contributed by atoms with Crippen molar-refractivity contribution in [3.05, 3.63) is 82.1 Å². The van der Waals surface area contributed by atoms with Crippen molar-refractivity contribution in [1.29, 1.82) is 0 Å². The minimum atomic E-state index is -0.701. The lowest BCUT2D eigenvalue weighted by Crippen LogP contribution is -2.39. The van der Waals surface area contributed by atoms with Crippen LogP contribution in [0, 0.1) is 3.57 Å². The van der Waals surface area contributed by atoms with Gasteiger partial charge < -0.3 is 19.3 Å². The maximum Gasteiger partial charge on any atom is 0.338 e. The van der Waals surface area contributed by atoms with Crippen molar-refractivity contribution in [3.63, 3.8) is 0 Å². The second kappa shape index (κ2) is 10.2. The molecule has 0 aliphatic carbocycles. The number of esters is 1. The molecule has 4 rings (SSSR count). The highest BCUT2D eigenvalue weighted by Crippen LogP contribution is 2.33. The summed E-state index contributed by atoms with van der Waals surface area (Å²) in [6, 6.07) is 9.94. The van der Waals surface area contributed by atoms with E-state index in [4.69, 9.17) is 14.2 Å². The first-order valence-electron chi connectivity index (χ1n) is 10.7. The van der Waals surface area contributed by atoms with Gasteiger partial charge >= 0.3 is 5.97 Å². The Labute approximate surface area is 218 Å². The average molecular weight is 606 g/mol. The lowest BCUT2D eigenvalue weighted by atomic mass is 9.96. The van der Waals surface area contributed by atoms with Crippen molar-refractivity contribution in [2.45, 2.75) is 19.9 Å². The van der Waals surface area contributed by atoms with Gasteiger partial charge in [0.15, 0.2) is 16.3 Å². The summed E-state index contributed by atoms with van der Waals surface area (Å²) in [5.41, 5.74) is 1.95. The number of phenolic OH excluding ortho intramolecular Hbond substituents is 1. The number of aromatic hydroxyl groups is 1. The summed E-state index contributed by atoms with van der Waals surface area (Å²) in [6.45, 7) is 3.68. The third-order valence-electron chi connectivity index (χ3n) is 5.52. The SMILES string of the molecule is CCOC(=O)C1=C(C)N=c2sc(=Cc3cc(I)c(O)c(OC)c3)c(=O)n2[C@@H]1c1ccc(OC)cc1. The van der Waals surface area contributed by atoms with Crippen LogP contribution in [0.1, 0.15) is 31.0 Å². The number of rotatable bonds is 6. The molecule has 0 saturated carbocycles. The smallest absolute Gasteiger partial charge is 0.338 e. The van der Waals surface area contributed by atoms with Crippen molar-refractivity contribution in [3.8, 4) is 17.2 Å². The topological polar surface area (TPSA) is 99.4 Å². The van der Waals surface area contributed by atoms with E-state index in [-0.39, 0.29) is 17.9 Å². The Balaban J connectivity index is 1.94. The van der Waals surface area contributed by atoms with Crippen LogP contribution < -0.4 is 24.4 Å². The van der Waals surface area contributed by atoms with Gasteiger partial charge in [-0.2, -0.15) is 0 Å². The van der Waals surface area contributed by atoms with E-state index in [0.717, 1.165) is 5.56 Å². The van der Waals surface area contributed by atoms with Crippen LogP contribution in [-0.2, 0) is 9.53 Å². The fourth-order valence-corrected chi connectivity index (χ4v) is 5.55. The summed E-state index contributed by atoms with van der Waals surface area (Å²) < 4.78 is 18.4. The molecule has 2 aromatic carbocycles. The quantitative estimate of drug-likeness (QED) is 0.342. The maximum atomic E-state index is 13.7. The molecule has 2 heterocycles. The minimum Gasteiger partial charge on any atom is -0.504 e. The van der Waals surface area contributed by atoms with E-state index in [1.165, 1.54) is 23.0 Å². The molecule has 1 atom stereocenters. The number of halogens is 1. The van der Waals surface area contributed by atoms with Crippen LogP contribution >= 0.6 is 33.9 Å². The summed E-state index contributed by atoms with van der Waals surface area (Å²) in [7, 11) is 3.04. The van der Waals surface area contributed by atoms with Crippen LogP contribution in [-0.4, -0.2) is 36.5 Å². The Morgan fingerprint density at radius 3 is 2.57 bits per heavy atom. The predicted molar refractivity (Wildman–Crippen MR) is 141 cm³/mol. The standard InChI is InChI=1S/C25H23IN2O6S/c1-5-34-24(31)20-13(2)27-25-28(21(20)15-6-8-16(32-3)9-7-15)23(30)19(35-25)12-14-10-17(26)22(29)18(11-14)33-4/h6-12,21,29H,5H2,1-4H3/t21-/m1/s1. The van der Waals surface area contributed by atoms with Gasteiger partial charge in [-0.1, -0.05) is 23.5 Å². The van der Waals surface area contributed by atoms with Gasteiger partial charge in [0.05, 0.1) is 46.2 Å². The summed E-state index contributed by atoms with van der Waals surface area (Å²) in [5.74, 6) is 0.505. The van der Waals surface area contributed by atoms with Crippen LogP contribution in [0.5, 0.6) is 17.2 Å². The van der Waals surface area contributed by atoms with Crippen LogP contribution in [0.4, 0.5) is 0 Å². The number of carbonyl (C=O) groups is 1. The van der Waals surface area contributed by atoms with Crippen molar-refractivity contribution >= 4 is 46.0 Å². The average Bonchev–Trinajstić information content (AvgIpc) is 3.14. The van der Waals surface area contributed by atoms with E-state index in [2.05, 4.69) is 4.99 Å². The highest BCUT2D eigenvalue weighted by molar-refractivity contribution is 14.1. The molecule has 0 amide bonds. The van der Waals surface area contributed by atoms with E-state index in [1.807, 2.05) is 34.7 Å². The first kappa shape index (κ1) is 25.0. The number of hydrogen-bond donors (Lipinski definition) is 1. The molecule has 1 N–H and O–H groups in total. The molecule has 0 radical (unpaired) electrons. The van der Waals surface area contributed by atoms with Gasteiger partial charge in [-0.25, -0.2) is 9.79 Å². The number of nitrogens with zero attached hydrogens (tertiary/aromatic N) is 2. The van der Waals surface area contributed by atoms with Gasteiger partial charge in [0.2, 0.25) is 0 Å². The molecule has 10 heteroatoms. The third kappa shape index (κ3) is 4.72. The molecule has 1 aromatic heterocycles. The van der Waals surface area contributed by atoms with Crippen molar-refractivity contribution in [2.24, 2.45) is 4.99 Å². The van der Waals surface area contributed by atoms with E-state index in [9.17, 15) is 14.7 Å². The molecule has 3 aromatic rings. The molecule has 0 unspecified atom stereocenters. The Morgan fingerprint density at radius 1 is 1.23 bits per heavy atom. The van der Waals surface area contributed by atoms with E-state index >= 15 is 0 Å². The maximum absolute atomic E-state index is 13.7. The van der Waals surface area contributed by atoms with Gasteiger partial charge in [0, 0.05) is 0 Å². The summed E-state index contributed by atoms with van der Waals surface area (Å²) in [6.07, 6.45) is 1.72. The normalized spacial score (nSPS) is 15.5. The van der Waals surface area contributed by atoms with Gasteiger partial charge in [-0.15, -0.1) is 0 Å². The summed E-state index contributed by atoms with van der Waals surface area (Å²) in [4.78, 5) is 31.7. The number of phenols is 1. The molecular weight excluding hydrogens is 583 g/mol. The zero-order valence-electron chi connectivity index (χ0n) is 19.5. The number of thiazole rings is 1. The molecule has 8 nitrogen and oxygen atoms in total. The van der Waals surface area contributed by atoms with E-state index in [0.29, 0.717) is 41.2 Å². The van der Waals surface area contributed by atoms with E-state index < -0.39 is 12.0 Å². The monoisotopic (exact) mass is 606 g/mol. The number of ether oxygens (including phenoxy) is 3. The van der Waals surface area contributed by atoms with Crippen molar-refractivity contribution in [1.82, 2.24) is 4.57 Å². The van der Waals surface area contributed by atoms with Crippen LogP contribution in [0.3, 0.4) is 0 Å². The molecular formula is C25H23IN2O6S. The number of benzene rings is 2. The van der Waals surface area contributed by atoms with Crippen LogP contribution in [0.25, 0.3) is 6.08 Å². The second-order valence-electron chi connectivity index (χ2n) is 7.63. The van der Waals surface area contributed by atoms with Crippen molar-refractivity contribution in [2.75, 3.05) is 20.8 Å². The van der Waals surface area contributed by atoms with Crippen molar-refractivity contribution < 1.29 is 24.1 Å². The Morgan fingerprint density at radius 2 is 1.94 bits per heavy atom.